The molecule has 1 aromatic rings. The molecule has 0 radical (unpaired) electrons. The fraction of sp³-hybridized carbons (Fsp3) is 0.750. The third kappa shape index (κ3) is 2.33. The summed E-state index contributed by atoms with van der Waals surface area (Å²) in [5, 5.41) is 11.5. The lowest BCUT2D eigenvalue weighted by Gasteiger charge is -2.57. The number of furan rings is 1. The number of aliphatic hydroxyl groups is 1. The Kier molecular flexibility index (Phi) is 4.31. The molecule has 1 saturated carbocycles. The lowest BCUT2D eigenvalue weighted by atomic mass is 9.51. The molecule has 0 aromatic carbocycles. The van der Waals surface area contributed by atoms with E-state index >= 15 is 0 Å². The molecule has 5 atom stereocenters. The number of hydrogen-bond donors (Lipinski definition) is 1. The molecule has 24 heavy (non-hydrogen) atoms. The molecule has 3 rings (SSSR count). The van der Waals surface area contributed by atoms with Crippen LogP contribution in [0.25, 0.3) is 0 Å². The monoisotopic (exact) mass is 334 g/mol. The summed E-state index contributed by atoms with van der Waals surface area (Å²) < 4.78 is 11.8. The fourth-order valence-corrected chi connectivity index (χ4v) is 4.65. The van der Waals surface area contributed by atoms with E-state index in [1.807, 2.05) is 20.8 Å². The molecular formula is C20H30O4. The molecular weight excluding hydrogens is 304 g/mol. The van der Waals surface area contributed by atoms with Crippen LogP contribution in [0.1, 0.15) is 76.4 Å². The van der Waals surface area contributed by atoms with Crippen LogP contribution in [0, 0.1) is 24.2 Å². The molecule has 4 heteroatoms. The van der Waals surface area contributed by atoms with Crippen molar-refractivity contribution in [2.75, 3.05) is 0 Å². The highest BCUT2D eigenvalue weighted by molar-refractivity contribution is 5.72. The quantitative estimate of drug-likeness (QED) is 0.836. The lowest BCUT2D eigenvalue weighted by Crippen LogP contribution is -2.60. The second-order valence-corrected chi connectivity index (χ2v) is 8.17. The number of fused-ring (bicyclic) bond motifs is 2. The number of carbonyl (C=O) groups excluding carboxylic acids is 1. The van der Waals surface area contributed by atoms with Gasteiger partial charge in [0, 0.05) is 17.4 Å². The van der Waals surface area contributed by atoms with Crippen molar-refractivity contribution in [1.82, 2.24) is 0 Å². The minimum Gasteiger partial charge on any atom is -0.469 e. The molecule has 0 aliphatic heterocycles. The zero-order valence-electron chi connectivity index (χ0n) is 15.5. The standard InChI is InChI=1S/C20H30O4/c1-6-12(2)18(21)24-17-16-13(3)11-23-15(16)10-20(22)9-7-8-14(4)19(17,20)5/h11-12,14,17,22H,6-10H2,1-5H3/t12-,14-,17-,19-,20+/m0/s1. The van der Waals surface area contributed by atoms with Crippen LogP contribution in [0.2, 0.25) is 0 Å². The molecule has 4 nitrogen and oxygen atoms in total. The van der Waals surface area contributed by atoms with Gasteiger partial charge >= 0.3 is 5.97 Å². The Morgan fingerprint density at radius 2 is 2.25 bits per heavy atom. The van der Waals surface area contributed by atoms with E-state index in [0.717, 1.165) is 42.6 Å². The van der Waals surface area contributed by atoms with Crippen LogP contribution in [-0.2, 0) is 16.0 Å². The van der Waals surface area contributed by atoms with Gasteiger partial charge in [-0.1, -0.05) is 34.1 Å². The van der Waals surface area contributed by atoms with Gasteiger partial charge in [-0.05, 0) is 37.7 Å². The average molecular weight is 334 g/mol. The first kappa shape index (κ1) is 17.5. The van der Waals surface area contributed by atoms with Crippen LogP contribution in [0.5, 0.6) is 0 Å². The lowest BCUT2D eigenvalue weighted by molar-refractivity contribution is -0.214. The highest BCUT2D eigenvalue weighted by Crippen LogP contribution is 2.61. The largest absolute Gasteiger partial charge is 0.469 e. The predicted molar refractivity (Wildman–Crippen MR) is 91.5 cm³/mol. The highest BCUT2D eigenvalue weighted by Gasteiger charge is 2.62. The van der Waals surface area contributed by atoms with E-state index in [-0.39, 0.29) is 17.8 Å². The van der Waals surface area contributed by atoms with Crippen molar-refractivity contribution in [3.63, 3.8) is 0 Å². The van der Waals surface area contributed by atoms with Crippen LogP contribution in [0.15, 0.2) is 10.7 Å². The first-order chi connectivity index (χ1) is 11.2. The van der Waals surface area contributed by atoms with Crippen LogP contribution in [-0.4, -0.2) is 16.7 Å². The van der Waals surface area contributed by atoms with Crippen molar-refractivity contribution in [3.05, 3.63) is 23.2 Å². The van der Waals surface area contributed by atoms with Gasteiger partial charge in [-0.15, -0.1) is 0 Å². The third-order valence-corrected chi connectivity index (χ3v) is 6.87. The highest BCUT2D eigenvalue weighted by atomic mass is 16.5. The molecule has 1 fully saturated rings. The Labute approximate surface area is 144 Å². The molecule has 1 aromatic heterocycles. The van der Waals surface area contributed by atoms with Crippen molar-refractivity contribution in [2.45, 2.75) is 78.4 Å². The molecule has 134 valence electrons. The SMILES string of the molecule is CC[C@H](C)C(=O)O[C@H]1c2c(C)coc2C[C@]2(O)CCC[C@H](C)[C@@]12C. The summed E-state index contributed by atoms with van der Waals surface area (Å²) in [7, 11) is 0. The maximum atomic E-state index is 12.6. The van der Waals surface area contributed by atoms with Crippen molar-refractivity contribution in [2.24, 2.45) is 17.3 Å². The fourth-order valence-electron chi connectivity index (χ4n) is 4.65. The first-order valence-electron chi connectivity index (χ1n) is 9.24. The van der Waals surface area contributed by atoms with Gasteiger partial charge in [0.2, 0.25) is 0 Å². The van der Waals surface area contributed by atoms with Gasteiger partial charge in [0.05, 0.1) is 17.8 Å². The Hall–Kier alpha value is -1.29. The molecule has 0 bridgehead atoms. The summed E-state index contributed by atoms with van der Waals surface area (Å²) in [6, 6.07) is 0. The maximum absolute atomic E-state index is 12.6. The van der Waals surface area contributed by atoms with E-state index in [1.54, 1.807) is 6.26 Å². The zero-order valence-corrected chi connectivity index (χ0v) is 15.5. The summed E-state index contributed by atoms with van der Waals surface area (Å²) >= 11 is 0. The van der Waals surface area contributed by atoms with Crippen molar-refractivity contribution in [1.29, 1.82) is 0 Å². The van der Waals surface area contributed by atoms with Crippen molar-refractivity contribution < 1.29 is 19.1 Å². The van der Waals surface area contributed by atoms with Gasteiger partial charge in [-0.25, -0.2) is 0 Å². The zero-order chi connectivity index (χ0) is 17.7. The maximum Gasteiger partial charge on any atom is 0.309 e. The molecule has 0 amide bonds. The normalized spacial score (nSPS) is 36.6. The average Bonchev–Trinajstić information content (AvgIpc) is 2.89. The van der Waals surface area contributed by atoms with E-state index in [0.29, 0.717) is 6.42 Å². The van der Waals surface area contributed by atoms with Gasteiger partial charge in [0.25, 0.3) is 0 Å². The molecule has 2 aliphatic rings. The van der Waals surface area contributed by atoms with Crippen LogP contribution in [0.4, 0.5) is 0 Å². The smallest absolute Gasteiger partial charge is 0.309 e. The van der Waals surface area contributed by atoms with Gasteiger partial charge in [0.1, 0.15) is 11.9 Å². The van der Waals surface area contributed by atoms with Gasteiger partial charge < -0.3 is 14.3 Å². The summed E-state index contributed by atoms with van der Waals surface area (Å²) in [4.78, 5) is 12.6. The Balaban J connectivity index is 2.10. The summed E-state index contributed by atoms with van der Waals surface area (Å²) in [5.74, 6) is 0.729. The first-order valence-corrected chi connectivity index (χ1v) is 9.24. The predicted octanol–water partition coefficient (Wildman–Crippen LogP) is 4.33. The number of hydrogen-bond acceptors (Lipinski definition) is 4. The number of esters is 1. The third-order valence-electron chi connectivity index (χ3n) is 6.87. The second-order valence-electron chi connectivity index (χ2n) is 8.17. The van der Waals surface area contributed by atoms with E-state index in [4.69, 9.17) is 9.15 Å². The Morgan fingerprint density at radius 3 is 2.92 bits per heavy atom. The Bertz CT molecular complexity index is 634. The molecule has 0 spiro atoms. The minimum absolute atomic E-state index is 0.141. The molecule has 2 aliphatic carbocycles. The second kappa shape index (κ2) is 5.91. The number of rotatable bonds is 3. The van der Waals surface area contributed by atoms with Crippen LogP contribution in [0.3, 0.4) is 0 Å². The molecule has 1 N–H and O–H groups in total. The van der Waals surface area contributed by atoms with Gasteiger partial charge in [-0.2, -0.15) is 0 Å². The molecule has 1 heterocycles. The number of ether oxygens (including phenoxy) is 1. The van der Waals surface area contributed by atoms with Gasteiger partial charge in [0.15, 0.2) is 0 Å². The van der Waals surface area contributed by atoms with Crippen LogP contribution < -0.4 is 0 Å². The van der Waals surface area contributed by atoms with E-state index in [1.165, 1.54) is 0 Å². The summed E-state index contributed by atoms with van der Waals surface area (Å²) in [6.45, 7) is 10.2. The van der Waals surface area contributed by atoms with Crippen LogP contribution >= 0.6 is 0 Å². The minimum atomic E-state index is -0.887. The van der Waals surface area contributed by atoms with Crippen molar-refractivity contribution in [3.8, 4) is 0 Å². The summed E-state index contributed by atoms with van der Waals surface area (Å²) in [6.07, 6.45) is 5.31. The topological polar surface area (TPSA) is 59.7 Å². The number of aryl methyl sites for hydroxylation is 1. The van der Waals surface area contributed by atoms with Gasteiger partial charge in [-0.3, -0.25) is 4.79 Å². The van der Waals surface area contributed by atoms with E-state index < -0.39 is 17.1 Å². The van der Waals surface area contributed by atoms with Crippen molar-refractivity contribution >= 4 is 5.97 Å². The van der Waals surface area contributed by atoms with E-state index in [9.17, 15) is 9.90 Å². The molecule has 0 saturated heterocycles. The summed E-state index contributed by atoms with van der Waals surface area (Å²) in [5.41, 5.74) is 0.610. The van der Waals surface area contributed by atoms with E-state index in [2.05, 4.69) is 13.8 Å². The number of carbonyl (C=O) groups is 1. The molecule has 0 unspecified atom stereocenters. The Morgan fingerprint density at radius 1 is 1.54 bits per heavy atom.